The molecule has 0 saturated heterocycles. The van der Waals surface area contributed by atoms with Crippen LogP contribution in [0.3, 0.4) is 0 Å². The second-order valence-corrected chi connectivity index (χ2v) is 2.78. The molecule has 1 heterocycles. The zero-order valence-corrected chi connectivity index (χ0v) is 7.01. The third kappa shape index (κ3) is 1.55. The van der Waals surface area contributed by atoms with Gasteiger partial charge in [0.05, 0.1) is 0 Å². The summed E-state index contributed by atoms with van der Waals surface area (Å²) in [4.78, 5) is 3.91. The third-order valence-electron chi connectivity index (χ3n) is 1.05. The minimum atomic E-state index is 0.451. The molecule has 0 radical (unpaired) electrons. The molecular weight excluding hydrogens is 192 g/mol. The SMILES string of the molecule is Cc1cc(Br)nc(C#N)c1. The minimum Gasteiger partial charge on any atom is -0.230 e. The molecule has 0 amide bonds. The Morgan fingerprint density at radius 3 is 2.80 bits per heavy atom. The van der Waals surface area contributed by atoms with Crippen molar-refractivity contribution in [3.63, 3.8) is 0 Å². The van der Waals surface area contributed by atoms with E-state index in [0.29, 0.717) is 10.3 Å². The van der Waals surface area contributed by atoms with E-state index in [1.54, 1.807) is 6.07 Å². The van der Waals surface area contributed by atoms with E-state index >= 15 is 0 Å². The van der Waals surface area contributed by atoms with E-state index in [1.807, 2.05) is 19.1 Å². The number of hydrogen-bond donors (Lipinski definition) is 0. The number of rotatable bonds is 0. The van der Waals surface area contributed by atoms with Crippen LogP contribution in [0.4, 0.5) is 0 Å². The van der Waals surface area contributed by atoms with E-state index in [4.69, 9.17) is 5.26 Å². The lowest BCUT2D eigenvalue weighted by Gasteiger charge is -1.92. The molecule has 1 aromatic heterocycles. The monoisotopic (exact) mass is 196 g/mol. The number of halogens is 1. The van der Waals surface area contributed by atoms with Gasteiger partial charge in [0.2, 0.25) is 0 Å². The molecule has 0 saturated carbocycles. The summed E-state index contributed by atoms with van der Waals surface area (Å²) in [7, 11) is 0. The summed E-state index contributed by atoms with van der Waals surface area (Å²) in [6.45, 7) is 1.92. The van der Waals surface area contributed by atoms with Crippen molar-refractivity contribution in [2.45, 2.75) is 6.92 Å². The first-order valence-electron chi connectivity index (χ1n) is 2.76. The molecule has 0 atom stereocenters. The Labute approximate surface area is 67.6 Å². The van der Waals surface area contributed by atoms with Gasteiger partial charge in [0.25, 0.3) is 0 Å². The predicted molar refractivity (Wildman–Crippen MR) is 41.4 cm³/mol. The van der Waals surface area contributed by atoms with Gasteiger partial charge in [0.15, 0.2) is 0 Å². The smallest absolute Gasteiger partial charge is 0.142 e. The van der Waals surface area contributed by atoms with E-state index in [2.05, 4.69) is 20.9 Å². The van der Waals surface area contributed by atoms with Crippen molar-refractivity contribution < 1.29 is 0 Å². The van der Waals surface area contributed by atoms with Crippen LogP contribution in [0.2, 0.25) is 0 Å². The van der Waals surface area contributed by atoms with Crippen LogP contribution in [0.1, 0.15) is 11.3 Å². The molecule has 0 aromatic carbocycles. The lowest BCUT2D eigenvalue weighted by Crippen LogP contribution is -1.84. The molecular formula is C7H5BrN2. The number of aryl methyl sites for hydroxylation is 1. The standard InChI is InChI=1S/C7H5BrN2/c1-5-2-6(4-9)10-7(8)3-5/h2-3H,1H3. The maximum atomic E-state index is 8.45. The normalized spacial score (nSPS) is 8.90. The van der Waals surface area contributed by atoms with Crippen molar-refractivity contribution in [2.24, 2.45) is 0 Å². The molecule has 10 heavy (non-hydrogen) atoms. The van der Waals surface area contributed by atoms with E-state index in [9.17, 15) is 0 Å². The van der Waals surface area contributed by atoms with Gasteiger partial charge in [-0.3, -0.25) is 0 Å². The maximum Gasteiger partial charge on any atom is 0.142 e. The fourth-order valence-corrected chi connectivity index (χ4v) is 1.23. The van der Waals surface area contributed by atoms with Crippen molar-refractivity contribution in [3.8, 4) is 6.07 Å². The second kappa shape index (κ2) is 2.80. The topological polar surface area (TPSA) is 36.7 Å². The van der Waals surface area contributed by atoms with E-state index < -0.39 is 0 Å². The molecule has 0 aliphatic rings. The zero-order chi connectivity index (χ0) is 7.56. The van der Waals surface area contributed by atoms with Crippen LogP contribution >= 0.6 is 15.9 Å². The van der Waals surface area contributed by atoms with Gasteiger partial charge in [-0.15, -0.1) is 0 Å². The Morgan fingerprint density at radius 1 is 1.60 bits per heavy atom. The molecule has 2 nitrogen and oxygen atoms in total. The zero-order valence-electron chi connectivity index (χ0n) is 5.43. The van der Waals surface area contributed by atoms with Gasteiger partial charge >= 0.3 is 0 Å². The van der Waals surface area contributed by atoms with Crippen LogP contribution in [-0.4, -0.2) is 4.98 Å². The Morgan fingerprint density at radius 2 is 2.30 bits per heavy atom. The highest BCUT2D eigenvalue weighted by Gasteiger charge is 1.94. The van der Waals surface area contributed by atoms with Crippen LogP contribution in [0.5, 0.6) is 0 Å². The summed E-state index contributed by atoms with van der Waals surface area (Å²) >= 11 is 3.19. The predicted octanol–water partition coefficient (Wildman–Crippen LogP) is 2.02. The average molecular weight is 197 g/mol. The molecule has 50 valence electrons. The Bertz CT molecular complexity index is 268. The van der Waals surface area contributed by atoms with Gasteiger partial charge in [-0.2, -0.15) is 5.26 Å². The van der Waals surface area contributed by atoms with E-state index in [0.717, 1.165) is 5.56 Å². The van der Waals surface area contributed by atoms with Gasteiger partial charge in [0.1, 0.15) is 16.4 Å². The van der Waals surface area contributed by atoms with Crippen molar-refractivity contribution in [3.05, 3.63) is 28.0 Å². The third-order valence-corrected chi connectivity index (χ3v) is 1.46. The fraction of sp³-hybridized carbons (Fsp3) is 0.143. The molecule has 0 fully saturated rings. The first-order valence-corrected chi connectivity index (χ1v) is 3.56. The van der Waals surface area contributed by atoms with Crippen molar-refractivity contribution in [2.75, 3.05) is 0 Å². The summed E-state index contributed by atoms with van der Waals surface area (Å²) in [5.41, 5.74) is 1.49. The fourth-order valence-electron chi connectivity index (χ4n) is 0.682. The number of hydrogen-bond acceptors (Lipinski definition) is 2. The molecule has 0 bridgehead atoms. The lowest BCUT2D eigenvalue weighted by atomic mass is 10.2. The van der Waals surface area contributed by atoms with Gasteiger partial charge in [-0.05, 0) is 40.5 Å². The number of aromatic nitrogens is 1. The molecule has 0 aliphatic heterocycles. The summed E-state index contributed by atoms with van der Waals surface area (Å²) in [6, 6.07) is 5.57. The van der Waals surface area contributed by atoms with Gasteiger partial charge in [-0.25, -0.2) is 4.98 Å². The molecule has 1 aromatic rings. The molecule has 0 aliphatic carbocycles. The number of pyridine rings is 1. The summed E-state index contributed by atoms with van der Waals surface area (Å²) in [5.74, 6) is 0. The quantitative estimate of drug-likeness (QED) is 0.596. The van der Waals surface area contributed by atoms with Crippen LogP contribution in [0.25, 0.3) is 0 Å². The Balaban J connectivity index is 3.22. The second-order valence-electron chi connectivity index (χ2n) is 1.96. The van der Waals surface area contributed by atoms with E-state index in [-0.39, 0.29) is 0 Å². The highest BCUT2D eigenvalue weighted by Crippen LogP contribution is 2.09. The first kappa shape index (κ1) is 7.23. The largest absolute Gasteiger partial charge is 0.230 e. The van der Waals surface area contributed by atoms with Gasteiger partial charge < -0.3 is 0 Å². The number of nitrogens with zero attached hydrogens (tertiary/aromatic N) is 2. The van der Waals surface area contributed by atoms with Crippen LogP contribution in [0.15, 0.2) is 16.7 Å². The molecule has 0 N–H and O–H groups in total. The maximum absolute atomic E-state index is 8.45. The van der Waals surface area contributed by atoms with Crippen LogP contribution in [-0.2, 0) is 0 Å². The van der Waals surface area contributed by atoms with Crippen molar-refractivity contribution >= 4 is 15.9 Å². The summed E-state index contributed by atoms with van der Waals surface area (Å²) in [5, 5.41) is 8.45. The minimum absolute atomic E-state index is 0.451. The number of nitriles is 1. The van der Waals surface area contributed by atoms with Crippen LogP contribution in [0, 0.1) is 18.3 Å². The first-order chi connectivity index (χ1) is 4.72. The van der Waals surface area contributed by atoms with E-state index in [1.165, 1.54) is 0 Å². The lowest BCUT2D eigenvalue weighted by molar-refractivity contribution is 1.20. The highest BCUT2D eigenvalue weighted by molar-refractivity contribution is 9.10. The highest BCUT2D eigenvalue weighted by atomic mass is 79.9. The molecule has 3 heteroatoms. The van der Waals surface area contributed by atoms with Gasteiger partial charge in [-0.1, -0.05) is 0 Å². The molecule has 0 spiro atoms. The molecule has 0 unspecified atom stereocenters. The van der Waals surface area contributed by atoms with Crippen molar-refractivity contribution in [1.29, 1.82) is 5.26 Å². The van der Waals surface area contributed by atoms with Crippen LogP contribution < -0.4 is 0 Å². The van der Waals surface area contributed by atoms with Gasteiger partial charge in [0, 0.05) is 0 Å². The Hall–Kier alpha value is -0.880. The Kier molecular flexibility index (Phi) is 2.03. The summed E-state index contributed by atoms with van der Waals surface area (Å²) in [6.07, 6.45) is 0. The molecule has 1 rings (SSSR count). The summed E-state index contributed by atoms with van der Waals surface area (Å²) < 4.78 is 0.712. The average Bonchev–Trinajstić information content (AvgIpc) is 1.85. The van der Waals surface area contributed by atoms with Crippen molar-refractivity contribution in [1.82, 2.24) is 4.98 Å².